The zero-order valence-corrected chi connectivity index (χ0v) is 13.6. The molecule has 124 valence electrons. The number of aromatic nitrogens is 1. The molecule has 0 radical (unpaired) electrons. The lowest BCUT2D eigenvalue weighted by Crippen LogP contribution is -2.18. The Bertz CT molecular complexity index is 753. The number of hydrogen-bond acceptors (Lipinski definition) is 3. The fourth-order valence-electron chi connectivity index (χ4n) is 3.24. The van der Waals surface area contributed by atoms with E-state index in [1.165, 1.54) is 11.1 Å². The van der Waals surface area contributed by atoms with Crippen LogP contribution < -0.4 is 5.73 Å². The maximum Gasteiger partial charge on any atom is 0.303 e. The van der Waals surface area contributed by atoms with Crippen LogP contribution in [-0.4, -0.2) is 22.1 Å². The molecule has 0 aliphatic heterocycles. The van der Waals surface area contributed by atoms with Crippen LogP contribution in [0.2, 0.25) is 0 Å². The topological polar surface area (TPSA) is 76.2 Å². The molecule has 1 aromatic carbocycles. The van der Waals surface area contributed by atoms with Gasteiger partial charge in [-0.15, -0.1) is 0 Å². The zero-order valence-electron chi connectivity index (χ0n) is 13.6. The van der Waals surface area contributed by atoms with Crippen LogP contribution in [-0.2, 0) is 17.6 Å². The van der Waals surface area contributed by atoms with Crippen molar-refractivity contribution in [3.05, 3.63) is 71.1 Å². The van der Waals surface area contributed by atoms with E-state index in [1.807, 2.05) is 18.3 Å². The van der Waals surface area contributed by atoms with Gasteiger partial charge in [0.15, 0.2) is 0 Å². The van der Waals surface area contributed by atoms with Crippen LogP contribution in [0.15, 0.2) is 48.8 Å². The van der Waals surface area contributed by atoms with Gasteiger partial charge in [-0.3, -0.25) is 9.78 Å². The quantitative estimate of drug-likeness (QED) is 0.801. The van der Waals surface area contributed by atoms with Gasteiger partial charge in [0.2, 0.25) is 0 Å². The highest BCUT2D eigenvalue weighted by molar-refractivity contribution is 5.80. The number of benzene rings is 1. The second-order valence-electron chi connectivity index (χ2n) is 6.30. The summed E-state index contributed by atoms with van der Waals surface area (Å²) in [5.74, 6) is -0.752. The van der Waals surface area contributed by atoms with E-state index < -0.39 is 5.97 Å². The van der Waals surface area contributed by atoms with Crippen molar-refractivity contribution in [2.24, 2.45) is 5.73 Å². The third-order valence-corrected chi connectivity index (χ3v) is 4.40. The largest absolute Gasteiger partial charge is 0.481 e. The minimum Gasteiger partial charge on any atom is -0.481 e. The van der Waals surface area contributed by atoms with Gasteiger partial charge in [-0.05, 0) is 54.0 Å². The summed E-state index contributed by atoms with van der Waals surface area (Å²) < 4.78 is 0. The number of allylic oxidation sites excluding steroid dienone is 1. The van der Waals surface area contributed by atoms with E-state index in [0.29, 0.717) is 6.42 Å². The van der Waals surface area contributed by atoms with E-state index in [1.54, 1.807) is 6.20 Å². The van der Waals surface area contributed by atoms with Crippen molar-refractivity contribution in [3.8, 4) is 0 Å². The molecule has 0 saturated carbocycles. The summed E-state index contributed by atoms with van der Waals surface area (Å²) in [4.78, 5) is 14.9. The normalized spacial score (nSPS) is 16.9. The van der Waals surface area contributed by atoms with Crippen molar-refractivity contribution in [1.29, 1.82) is 0 Å². The molecule has 1 aliphatic carbocycles. The number of carbonyl (C=O) groups is 1. The summed E-state index contributed by atoms with van der Waals surface area (Å²) in [5, 5.41) is 8.80. The van der Waals surface area contributed by atoms with Gasteiger partial charge < -0.3 is 10.8 Å². The summed E-state index contributed by atoms with van der Waals surface area (Å²) in [7, 11) is 0. The monoisotopic (exact) mass is 322 g/mol. The number of carboxylic acid groups (broad SMARTS) is 1. The number of aliphatic carboxylic acids is 1. The second kappa shape index (κ2) is 7.41. The van der Waals surface area contributed by atoms with Gasteiger partial charge >= 0.3 is 5.97 Å². The van der Waals surface area contributed by atoms with Crippen molar-refractivity contribution in [2.45, 2.75) is 38.1 Å². The van der Waals surface area contributed by atoms with Crippen molar-refractivity contribution in [1.82, 2.24) is 4.98 Å². The number of hydrogen-bond donors (Lipinski definition) is 2. The number of nitrogens with zero attached hydrogens (tertiary/aromatic N) is 1. The molecule has 1 aliphatic rings. The van der Waals surface area contributed by atoms with Gasteiger partial charge in [-0.1, -0.05) is 30.3 Å². The number of fused-ring (bicyclic) bond motifs is 1. The first-order valence-electron chi connectivity index (χ1n) is 8.33. The number of unbranched alkanes of at least 4 members (excludes halogenated alkanes) is 1. The van der Waals surface area contributed by atoms with Gasteiger partial charge in [-0.2, -0.15) is 0 Å². The molecule has 2 aromatic rings. The van der Waals surface area contributed by atoms with Crippen LogP contribution >= 0.6 is 0 Å². The van der Waals surface area contributed by atoms with Crippen LogP contribution in [0.5, 0.6) is 0 Å². The van der Waals surface area contributed by atoms with Crippen LogP contribution in [0.1, 0.15) is 41.5 Å². The Morgan fingerprint density at radius 3 is 2.83 bits per heavy atom. The molecule has 24 heavy (non-hydrogen) atoms. The Hall–Kier alpha value is -2.46. The molecular weight excluding hydrogens is 300 g/mol. The van der Waals surface area contributed by atoms with Crippen molar-refractivity contribution in [2.75, 3.05) is 0 Å². The van der Waals surface area contributed by atoms with E-state index in [-0.39, 0.29) is 12.5 Å². The average molecular weight is 322 g/mol. The second-order valence-corrected chi connectivity index (χ2v) is 6.30. The molecule has 1 aromatic heterocycles. The summed E-state index contributed by atoms with van der Waals surface area (Å²) >= 11 is 0. The first kappa shape index (κ1) is 16.4. The van der Waals surface area contributed by atoms with Crippen LogP contribution in [0.25, 0.3) is 5.57 Å². The van der Waals surface area contributed by atoms with E-state index in [2.05, 4.69) is 29.3 Å². The molecule has 0 amide bonds. The van der Waals surface area contributed by atoms with E-state index in [4.69, 9.17) is 10.8 Å². The Morgan fingerprint density at radius 2 is 2.08 bits per heavy atom. The number of pyridine rings is 1. The van der Waals surface area contributed by atoms with Crippen molar-refractivity contribution >= 4 is 11.5 Å². The summed E-state index contributed by atoms with van der Waals surface area (Å²) in [5.41, 5.74) is 12.0. The molecule has 0 fully saturated rings. The fraction of sp³-hybridized carbons (Fsp3) is 0.300. The lowest BCUT2D eigenvalue weighted by Gasteiger charge is -2.10. The molecule has 1 heterocycles. The zero-order chi connectivity index (χ0) is 16.9. The SMILES string of the molecule is NC1Cc2ccc(C(=CCCCC(=O)O)c3cccnc3)cc2C1. The number of rotatable bonds is 6. The summed E-state index contributed by atoms with van der Waals surface area (Å²) in [6, 6.07) is 10.7. The van der Waals surface area contributed by atoms with Crippen molar-refractivity contribution in [3.63, 3.8) is 0 Å². The summed E-state index contributed by atoms with van der Waals surface area (Å²) in [6.45, 7) is 0. The molecule has 0 saturated heterocycles. The van der Waals surface area contributed by atoms with Crippen LogP contribution in [0.3, 0.4) is 0 Å². The maximum absolute atomic E-state index is 10.7. The van der Waals surface area contributed by atoms with Gasteiger partial charge in [0, 0.05) is 30.4 Å². The van der Waals surface area contributed by atoms with Crippen LogP contribution in [0.4, 0.5) is 0 Å². The summed E-state index contributed by atoms with van der Waals surface area (Å²) in [6.07, 6.45) is 9.15. The van der Waals surface area contributed by atoms with E-state index in [9.17, 15) is 4.79 Å². The molecule has 0 bridgehead atoms. The predicted octanol–water partition coefficient (Wildman–Crippen LogP) is 3.19. The minimum absolute atomic E-state index is 0.190. The lowest BCUT2D eigenvalue weighted by molar-refractivity contribution is -0.137. The molecule has 1 atom stereocenters. The first-order chi connectivity index (χ1) is 11.6. The lowest BCUT2D eigenvalue weighted by atomic mass is 9.95. The maximum atomic E-state index is 10.7. The molecule has 3 N–H and O–H groups in total. The Labute approximate surface area is 142 Å². The highest BCUT2D eigenvalue weighted by Crippen LogP contribution is 2.29. The smallest absolute Gasteiger partial charge is 0.303 e. The van der Waals surface area contributed by atoms with E-state index in [0.717, 1.165) is 36.0 Å². The highest BCUT2D eigenvalue weighted by atomic mass is 16.4. The van der Waals surface area contributed by atoms with Crippen LogP contribution in [0, 0.1) is 0 Å². The van der Waals surface area contributed by atoms with Gasteiger partial charge in [-0.25, -0.2) is 0 Å². The number of nitrogens with two attached hydrogens (primary N) is 1. The third-order valence-electron chi connectivity index (χ3n) is 4.40. The molecule has 1 unspecified atom stereocenters. The van der Waals surface area contributed by atoms with Gasteiger partial charge in [0.25, 0.3) is 0 Å². The van der Waals surface area contributed by atoms with Gasteiger partial charge in [0.1, 0.15) is 0 Å². The standard InChI is InChI=1S/C20H22N2O2/c21-18-11-14-7-8-15(10-17(14)12-18)19(5-1-2-6-20(23)24)16-4-3-9-22-13-16/h3-5,7-10,13,18H,1-2,6,11-12,21H2,(H,23,24). The number of carboxylic acids is 1. The predicted molar refractivity (Wildman–Crippen MR) is 94.6 cm³/mol. The van der Waals surface area contributed by atoms with Gasteiger partial charge in [0.05, 0.1) is 0 Å². The Morgan fingerprint density at radius 1 is 1.25 bits per heavy atom. The Balaban J connectivity index is 1.89. The van der Waals surface area contributed by atoms with E-state index >= 15 is 0 Å². The average Bonchev–Trinajstić information content (AvgIpc) is 2.94. The minimum atomic E-state index is -0.752. The first-order valence-corrected chi connectivity index (χ1v) is 8.33. The molecule has 3 rings (SSSR count). The third kappa shape index (κ3) is 3.89. The fourth-order valence-corrected chi connectivity index (χ4v) is 3.24. The molecular formula is C20H22N2O2. The highest BCUT2D eigenvalue weighted by Gasteiger charge is 2.19. The Kier molecular flexibility index (Phi) is 5.06. The molecule has 0 spiro atoms. The molecule has 4 heteroatoms. The molecule has 4 nitrogen and oxygen atoms in total. The van der Waals surface area contributed by atoms with Crippen molar-refractivity contribution < 1.29 is 9.90 Å².